The first kappa shape index (κ1) is 21.9. The molecule has 0 N–H and O–H groups in total. The number of piperidine rings is 1. The van der Waals surface area contributed by atoms with Gasteiger partial charge in [0.25, 0.3) is 0 Å². The molecule has 0 bridgehead atoms. The minimum Gasteiger partial charge on any atom is -0.444 e. The Morgan fingerprint density at radius 1 is 1.26 bits per heavy atom. The van der Waals surface area contributed by atoms with Crippen LogP contribution in [0.4, 0.5) is 4.79 Å². The van der Waals surface area contributed by atoms with Gasteiger partial charge in [-0.25, -0.2) is 4.79 Å². The van der Waals surface area contributed by atoms with Gasteiger partial charge < -0.3 is 18.9 Å². The molecular formula is C25H34N2O4. The molecular weight excluding hydrogens is 392 g/mol. The number of fused-ring (bicyclic) bond motifs is 1. The molecule has 2 aliphatic rings. The zero-order chi connectivity index (χ0) is 22.0. The van der Waals surface area contributed by atoms with E-state index < -0.39 is 5.60 Å². The third-order valence-electron chi connectivity index (χ3n) is 6.33. The summed E-state index contributed by atoms with van der Waals surface area (Å²) in [4.78, 5) is 14.1. The first-order chi connectivity index (χ1) is 14.8. The van der Waals surface area contributed by atoms with Crippen molar-refractivity contribution in [3.05, 3.63) is 35.0 Å². The van der Waals surface area contributed by atoms with Crippen molar-refractivity contribution in [3.8, 4) is 0 Å². The van der Waals surface area contributed by atoms with Gasteiger partial charge in [-0.3, -0.25) is 0 Å². The Balaban J connectivity index is 1.35. The number of ether oxygens (including phenoxy) is 2. The summed E-state index contributed by atoms with van der Waals surface area (Å²) in [5, 5.41) is 5.53. The first-order valence-corrected chi connectivity index (χ1v) is 11.4. The van der Waals surface area contributed by atoms with Crippen LogP contribution >= 0.6 is 0 Å². The number of carbonyl (C=O) groups excluding carboxylic acids is 1. The Morgan fingerprint density at radius 2 is 2.03 bits per heavy atom. The average molecular weight is 427 g/mol. The monoisotopic (exact) mass is 426 g/mol. The highest BCUT2D eigenvalue weighted by atomic mass is 16.6. The van der Waals surface area contributed by atoms with E-state index in [1.54, 1.807) is 0 Å². The van der Waals surface area contributed by atoms with Crippen molar-refractivity contribution in [2.45, 2.75) is 65.4 Å². The minimum atomic E-state index is -0.443. The second-order valence-electron chi connectivity index (χ2n) is 9.75. The molecule has 0 unspecified atom stereocenters. The maximum absolute atomic E-state index is 12.3. The number of aryl methyl sites for hydroxylation is 2. The summed E-state index contributed by atoms with van der Waals surface area (Å²) in [5.74, 6) is 0.596. The fourth-order valence-corrected chi connectivity index (χ4v) is 4.56. The van der Waals surface area contributed by atoms with E-state index in [9.17, 15) is 4.79 Å². The molecule has 1 fully saturated rings. The summed E-state index contributed by atoms with van der Waals surface area (Å²) < 4.78 is 16.7. The number of nitrogens with zero attached hydrogens (tertiary/aromatic N) is 2. The molecule has 168 valence electrons. The molecule has 0 saturated carbocycles. The van der Waals surface area contributed by atoms with Gasteiger partial charge in [-0.05, 0) is 82.9 Å². The van der Waals surface area contributed by atoms with Crippen LogP contribution in [0.2, 0.25) is 0 Å². The standard InChI is InChI=1S/C25H34N2O4/c1-17-20(19-11-15-29-16-12-19)6-7-21-22(26-31-23(17)21)8-5-18-9-13-27(14-10-18)24(28)30-25(2,3)4/h6-7,11,18H,5,8-10,12-16H2,1-4H3. The summed E-state index contributed by atoms with van der Waals surface area (Å²) >= 11 is 0. The normalized spacial score (nSPS) is 18.3. The second-order valence-corrected chi connectivity index (χ2v) is 9.75. The average Bonchev–Trinajstić information content (AvgIpc) is 3.16. The Morgan fingerprint density at radius 3 is 2.71 bits per heavy atom. The smallest absolute Gasteiger partial charge is 0.410 e. The van der Waals surface area contributed by atoms with Crippen molar-refractivity contribution >= 4 is 22.6 Å². The molecule has 1 aromatic carbocycles. The lowest BCUT2D eigenvalue weighted by Gasteiger charge is -2.33. The van der Waals surface area contributed by atoms with Gasteiger partial charge in [0.1, 0.15) is 5.60 Å². The molecule has 3 heterocycles. The lowest BCUT2D eigenvalue weighted by atomic mass is 9.90. The first-order valence-electron chi connectivity index (χ1n) is 11.4. The Hall–Kier alpha value is -2.34. The van der Waals surface area contributed by atoms with Crippen molar-refractivity contribution in [2.75, 3.05) is 26.3 Å². The van der Waals surface area contributed by atoms with Crippen LogP contribution in [0.25, 0.3) is 16.5 Å². The molecule has 2 aliphatic heterocycles. The van der Waals surface area contributed by atoms with Crippen LogP contribution in [0, 0.1) is 12.8 Å². The number of likely N-dealkylation sites (tertiary alicyclic amines) is 1. The molecule has 2 aromatic rings. The Bertz CT molecular complexity index is 962. The zero-order valence-electron chi connectivity index (χ0n) is 19.2. The number of benzene rings is 1. The lowest BCUT2D eigenvalue weighted by Crippen LogP contribution is -2.41. The molecule has 0 aliphatic carbocycles. The van der Waals surface area contributed by atoms with E-state index in [1.165, 1.54) is 11.1 Å². The van der Waals surface area contributed by atoms with Crippen LogP contribution < -0.4 is 0 Å². The van der Waals surface area contributed by atoms with Crippen LogP contribution in [-0.2, 0) is 15.9 Å². The van der Waals surface area contributed by atoms with Crippen LogP contribution in [-0.4, -0.2) is 48.1 Å². The third kappa shape index (κ3) is 5.12. The van der Waals surface area contributed by atoms with Gasteiger partial charge >= 0.3 is 6.09 Å². The van der Waals surface area contributed by atoms with E-state index in [4.69, 9.17) is 14.0 Å². The summed E-state index contributed by atoms with van der Waals surface area (Å²) in [7, 11) is 0. The number of amides is 1. The van der Waals surface area contributed by atoms with Gasteiger partial charge in [0, 0.05) is 24.0 Å². The van der Waals surface area contributed by atoms with Crippen LogP contribution in [0.3, 0.4) is 0 Å². The van der Waals surface area contributed by atoms with Crippen LogP contribution in [0.5, 0.6) is 0 Å². The Labute approximate surface area is 184 Å². The van der Waals surface area contributed by atoms with E-state index in [-0.39, 0.29) is 6.09 Å². The van der Waals surface area contributed by atoms with Gasteiger partial charge in [-0.2, -0.15) is 0 Å². The van der Waals surface area contributed by atoms with E-state index in [1.807, 2.05) is 25.7 Å². The number of carbonyl (C=O) groups is 1. The maximum atomic E-state index is 12.3. The molecule has 0 radical (unpaired) electrons. The quantitative estimate of drug-likeness (QED) is 0.644. The summed E-state index contributed by atoms with van der Waals surface area (Å²) in [6.45, 7) is 10.8. The van der Waals surface area contributed by atoms with E-state index in [2.05, 4.69) is 30.3 Å². The maximum Gasteiger partial charge on any atom is 0.410 e. The molecule has 1 aromatic heterocycles. The minimum absolute atomic E-state index is 0.195. The molecule has 4 rings (SSSR count). The highest BCUT2D eigenvalue weighted by molar-refractivity contribution is 5.87. The predicted molar refractivity (Wildman–Crippen MR) is 121 cm³/mol. The summed E-state index contributed by atoms with van der Waals surface area (Å²) in [6, 6.07) is 4.36. The van der Waals surface area contributed by atoms with Gasteiger partial charge in [-0.1, -0.05) is 17.3 Å². The van der Waals surface area contributed by atoms with Gasteiger partial charge in [-0.15, -0.1) is 0 Å². The summed E-state index contributed by atoms with van der Waals surface area (Å²) in [5.41, 5.74) is 5.24. The van der Waals surface area contributed by atoms with Crippen molar-refractivity contribution in [2.24, 2.45) is 5.92 Å². The van der Waals surface area contributed by atoms with Crippen LogP contribution in [0.15, 0.2) is 22.7 Å². The molecule has 1 saturated heterocycles. The number of aromatic nitrogens is 1. The van der Waals surface area contributed by atoms with E-state index in [0.29, 0.717) is 12.5 Å². The second kappa shape index (κ2) is 9.03. The Kier molecular flexibility index (Phi) is 6.37. The molecule has 31 heavy (non-hydrogen) atoms. The van der Waals surface area contributed by atoms with Crippen molar-refractivity contribution in [1.82, 2.24) is 10.1 Å². The fourth-order valence-electron chi connectivity index (χ4n) is 4.56. The molecule has 0 spiro atoms. The molecule has 6 heteroatoms. The lowest BCUT2D eigenvalue weighted by molar-refractivity contribution is 0.0181. The van der Waals surface area contributed by atoms with Gasteiger partial charge in [0.2, 0.25) is 0 Å². The number of hydrogen-bond acceptors (Lipinski definition) is 5. The van der Waals surface area contributed by atoms with Crippen LogP contribution in [0.1, 0.15) is 63.3 Å². The highest BCUT2D eigenvalue weighted by Gasteiger charge is 2.27. The predicted octanol–water partition coefficient (Wildman–Crippen LogP) is 5.52. The van der Waals surface area contributed by atoms with E-state index >= 15 is 0 Å². The summed E-state index contributed by atoms with van der Waals surface area (Å²) in [6.07, 6.45) is 6.89. The molecule has 6 nitrogen and oxygen atoms in total. The number of rotatable bonds is 4. The highest BCUT2D eigenvalue weighted by Crippen LogP contribution is 2.32. The largest absolute Gasteiger partial charge is 0.444 e. The fraction of sp³-hybridized carbons (Fsp3) is 0.600. The zero-order valence-corrected chi connectivity index (χ0v) is 19.2. The van der Waals surface area contributed by atoms with E-state index in [0.717, 1.165) is 74.0 Å². The van der Waals surface area contributed by atoms with Gasteiger partial charge in [0.15, 0.2) is 5.58 Å². The topological polar surface area (TPSA) is 64.8 Å². The van der Waals surface area contributed by atoms with Crippen molar-refractivity contribution in [3.63, 3.8) is 0 Å². The van der Waals surface area contributed by atoms with Crippen molar-refractivity contribution in [1.29, 1.82) is 0 Å². The van der Waals surface area contributed by atoms with Crippen molar-refractivity contribution < 1.29 is 18.8 Å². The molecule has 0 atom stereocenters. The van der Waals surface area contributed by atoms with Gasteiger partial charge in [0.05, 0.1) is 18.9 Å². The molecule has 1 amide bonds. The number of hydrogen-bond donors (Lipinski definition) is 0. The third-order valence-corrected chi connectivity index (χ3v) is 6.33. The SMILES string of the molecule is Cc1c(C2=CCOCC2)ccc2c(CCC3CCN(C(=O)OC(C)(C)C)CC3)noc12.